The number of nitrogens with two attached hydrogens (primary N) is 1. The number of nitrogen functional groups attached to an aromatic ring is 1. The summed E-state index contributed by atoms with van der Waals surface area (Å²) in [5.74, 6) is 0.901. The molecular formula is C10H15N3O. The maximum absolute atomic E-state index is 9.50. The fourth-order valence-electron chi connectivity index (χ4n) is 1.75. The topological polar surface area (TPSA) is 62.4 Å². The molecule has 1 aliphatic heterocycles. The van der Waals surface area contributed by atoms with Crippen LogP contribution in [-0.4, -0.2) is 29.3 Å². The van der Waals surface area contributed by atoms with Gasteiger partial charge in [0.1, 0.15) is 5.82 Å². The number of anilines is 2. The first-order valence-electron chi connectivity index (χ1n) is 4.90. The molecule has 3 N–H and O–H groups in total. The molecule has 0 aromatic carbocycles. The molecule has 0 aliphatic carbocycles. The van der Waals surface area contributed by atoms with Crippen molar-refractivity contribution in [3.63, 3.8) is 0 Å². The smallest absolute Gasteiger partial charge is 0.128 e. The Hall–Kier alpha value is -1.29. The highest BCUT2D eigenvalue weighted by molar-refractivity contribution is 5.46. The van der Waals surface area contributed by atoms with Gasteiger partial charge in [-0.25, -0.2) is 4.98 Å². The van der Waals surface area contributed by atoms with E-state index in [2.05, 4.69) is 9.88 Å². The zero-order valence-electron chi connectivity index (χ0n) is 8.06. The molecule has 0 unspecified atom stereocenters. The van der Waals surface area contributed by atoms with Crippen molar-refractivity contribution in [1.82, 2.24) is 4.98 Å². The Labute approximate surface area is 83.4 Å². The summed E-state index contributed by atoms with van der Waals surface area (Å²) in [6.07, 6.45) is 3.35. The molecule has 0 bridgehead atoms. The molecule has 4 heteroatoms. The van der Waals surface area contributed by atoms with Crippen molar-refractivity contribution in [2.75, 3.05) is 23.7 Å². The number of aliphatic hydroxyl groups is 1. The van der Waals surface area contributed by atoms with Crippen LogP contribution < -0.4 is 10.6 Å². The largest absolute Gasteiger partial charge is 0.397 e. The summed E-state index contributed by atoms with van der Waals surface area (Å²) in [5.41, 5.74) is 6.23. The predicted molar refractivity (Wildman–Crippen MR) is 56.1 cm³/mol. The highest BCUT2D eigenvalue weighted by Crippen LogP contribution is 2.18. The molecule has 1 atom stereocenters. The molecule has 1 aromatic heterocycles. The van der Waals surface area contributed by atoms with Crippen molar-refractivity contribution in [3.8, 4) is 0 Å². The molecule has 2 heterocycles. The number of piperidine rings is 1. The summed E-state index contributed by atoms with van der Waals surface area (Å²) < 4.78 is 0. The van der Waals surface area contributed by atoms with E-state index in [0.29, 0.717) is 12.2 Å². The van der Waals surface area contributed by atoms with E-state index in [-0.39, 0.29) is 6.10 Å². The van der Waals surface area contributed by atoms with E-state index in [9.17, 15) is 5.11 Å². The van der Waals surface area contributed by atoms with Crippen LogP contribution in [0.1, 0.15) is 12.8 Å². The average Bonchev–Trinajstić information content (AvgIpc) is 2.19. The summed E-state index contributed by atoms with van der Waals surface area (Å²) in [6.45, 7) is 1.64. The van der Waals surface area contributed by atoms with Crippen LogP contribution in [0.4, 0.5) is 11.5 Å². The molecular weight excluding hydrogens is 178 g/mol. The van der Waals surface area contributed by atoms with Gasteiger partial charge in [-0.05, 0) is 25.0 Å². The SMILES string of the molecule is Nc1ccc(N2CCC[C@@H](O)C2)nc1. The van der Waals surface area contributed by atoms with Gasteiger partial charge in [0.2, 0.25) is 0 Å². The number of β-amino-alcohol motifs (C(OH)–C–C–N with tert-alkyl or cyclic N) is 1. The number of rotatable bonds is 1. The van der Waals surface area contributed by atoms with Crippen molar-refractivity contribution in [2.24, 2.45) is 0 Å². The summed E-state index contributed by atoms with van der Waals surface area (Å²) in [4.78, 5) is 6.32. The quantitative estimate of drug-likeness (QED) is 0.686. The first-order valence-corrected chi connectivity index (χ1v) is 4.90. The Kier molecular flexibility index (Phi) is 2.54. The van der Waals surface area contributed by atoms with Crippen LogP contribution in [0, 0.1) is 0 Å². The number of pyridine rings is 1. The third kappa shape index (κ3) is 1.96. The molecule has 0 amide bonds. The molecule has 1 aliphatic rings. The predicted octanol–water partition coefficient (Wildman–Crippen LogP) is 0.625. The van der Waals surface area contributed by atoms with E-state index in [1.165, 1.54) is 0 Å². The van der Waals surface area contributed by atoms with Gasteiger partial charge in [-0.3, -0.25) is 0 Å². The Morgan fingerprint density at radius 2 is 2.36 bits per heavy atom. The lowest BCUT2D eigenvalue weighted by molar-refractivity contribution is 0.154. The third-order valence-electron chi connectivity index (χ3n) is 2.49. The fraction of sp³-hybridized carbons (Fsp3) is 0.500. The van der Waals surface area contributed by atoms with Gasteiger partial charge in [-0.2, -0.15) is 0 Å². The second kappa shape index (κ2) is 3.84. The molecule has 0 radical (unpaired) electrons. The zero-order chi connectivity index (χ0) is 9.97. The number of hydrogen-bond donors (Lipinski definition) is 2. The summed E-state index contributed by atoms with van der Waals surface area (Å²) in [7, 11) is 0. The second-order valence-electron chi connectivity index (χ2n) is 3.69. The summed E-state index contributed by atoms with van der Waals surface area (Å²) in [5, 5.41) is 9.50. The monoisotopic (exact) mass is 193 g/mol. The van der Waals surface area contributed by atoms with E-state index in [0.717, 1.165) is 25.2 Å². The molecule has 0 saturated carbocycles. The standard InChI is InChI=1S/C10H15N3O/c11-8-3-4-10(12-6-8)13-5-1-2-9(14)7-13/h3-4,6,9,14H,1-2,5,7,11H2/t9-/m1/s1. The van der Waals surface area contributed by atoms with Crippen molar-refractivity contribution >= 4 is 11.5 Å². The van der Waals surface area contributed by atoms with Crippen LogP contribution in [0.15, 0.2) is 18.3 Å². The summed E-state index contributed by atoms with van der Waals surface area (Å²) in [6, 6.07) is 3.73. The van der Waals surface area contributed by atoms with Crippen molar-refractivity contribution < 1.29 is 5.11 Å². The van der Waals surface area contributed by atoms with Gasteiger partial charge in [0.25, 0.3) is 0 Å². The van der Waals surface area contributed by atoms with Crippen LogP contribution in [0.5, 0.6) is 0 Å². The second-order valence-corrected chi connectivity index (χ2v) is 3.69. The van der Waals surface area contributed by atoms with Crippen LogP contribution in [-0.2, 0) is 0 Å². The molecule has 1 aromatic rings. The Morgan fingerprint density at radius 1 is 1.50 bits per heavy atom. The first kappa shape index (κ1) is 9.27. The first-order chi connectivity index (χ1) is 6.75. The van der Waals surface area contributed by atoms with Gasteiger partial charge in [-0.1, -0.05) is 0 Å². The fourth-order valence-corrected chi connectivity index (χ4v) is 1.75. The third-order valence-corrected chi connectivity index (χ3v) is 2.49. The number of aromatic nitrogens is 1. The normalized spacial score (nSPS) is 22.4. The molecule has 76 valence electrons. The van der Waals surface area contributed by atoms with Gasteiger partial charge >= 0.3 is 0 Å². The lowest BCUT2D eigenvalue weighted by Crippen LogP contribution is -2.38. The Morgan fingerprint density at radius 3 is 3.00 bits per heavy atom. The van der Waals surface area contributed by atoms with Gasteiger partial charge in [-0.15, -0.1) is 0 Å². The van der Waals surface area contributed by atoms with Crippen molar-refractivity contribution in [1.29, 1.82) is 0 Å². The maximum atomic E-state index is 9.50. The van der Waals surface area contributed by atoms with Gasteiger partial charge in [0, 0.05) is 13.1 Å². The molecule has 1 saturated heterocycles. The minimum Gasteiger partial charge on any atom is -0.397 e. The van der Waals surface area contributed by atoms with Crippen LogP contribution in [0.25, 0.3) is 0 Å². The summed E-state index contributed by atoms with van der Waals surface area (Å²) >= 11 is 0. The van der Waals surface area contributed by atoms with Crippen molar-refractivity contribution in [2.45, 2.75) is 18.9 Å². The minimum atomic E-state index is -0.219. The number of aliphatic hydroxyl groups excluding tert-OH is 1. The highest BCUT2D eigenvalue weighted by Gasteiger charge is 2.18. The lowest BCUT2D eigenvalue weighted by Gasteiger charge is -2.30. The number of hydrogen-bond acceptors (Lipinski definition) is 4. The Bertz CT molecular complexity index is 299. The van der Waals surface area contributed by atoms with E-state index in [1.54, 1.807) is 6.20 Å². The van der Waals surface area contributed by atoms with Crippen LogP contribution in [0.2, 0.25) is 0 Å². The number of nitrogens with zero attached hydrogens (tertiary/aromatic N) is 2. The minimum absolute atomic E-state index is 0.219. The van der Waals surface area contributed by atoms with Gasteiger partial charge in [0.15, 0.2) is 0 Å². The highest BCUT2D eigenvalue weighted by atomic mass is 16.3. The van der Waals surface area contributed by atoms with Gasteiger partial charge < -0.3 is 15.7 Å². The zero-order valence-corrected chi connectivity index (χ0v) is 8.06. The van der Waals surface area contributed by atoms with Crippen molar-refractivity contribution in [3.05, 3.63) is 18.3 Å². The van der Waals surface area contributed by atoms with E-state index in [4.69, 9.17) is 5.73 Å². The van der Waals surface area contributed by atoms with Gasteiger partial charge in [0.05, 0.1) is 18.0 Å². The molecule has 1 fully saturated rings. The molecule has 4 nitrogen and oxygen atoms in total. The Balaban J connectivity index is 2.10. The van der Waals surface area contributed by atoms with Crippen LogP contribution in [0.3, 0.4) is 0 Å². The maximum Gasteiger partial charge on any atom is 0.128 e. The van der Waals surface area contributed by atoms with E-state index >= 15 is 0 Å². The van der Waals surface area contributed by atoms with Crippen LogP contribution >= 0.6 is 0 Å². The molecule has 2 rings (SSSR count). The van der Waals surface area contributed by atoms with E-state index in [1.807, 2.05) is 12.1 Å². The molecule has 0 spiro atoms. The average molecular weight is 193 g/mol. The lowest BCUT2D eigenvalue weighted by atomic mass is 10.1. The van der Waals surface area contributed by atoms with E-state index < -0.39 is 0 Å². The molecule has 14 heavy (non-hydrogen) atoms.